The van der Waals surface area contributed by atoms with Gasteiger partial charge in [-0.2, -0.15) is 5.10 Å². The number of thiazole rings is 1. The molecule has 0 spiro atoms. The highest BCUT2D eigenvalue weighted by Gasteiger charge is 2.12. The van der Waals surface area contributed by atoms with Crippen molar-refractivity contribution < 1.29 is 14.3 Å². The number of benzene rings is 1. The number of hydrogen-bond donors (Lipinski definition) is 2. The van der Waals surface area contributed by atoms with Crippen LogP contribution in [0.4, 0.5) is 9.93 Å². The minimum Gasteiger partial charge on any atom is -0.487 e. The summed E-state index contributed by atoms with van der Waals surface area (Å²) >= 11 is 1.42. The van der Waals surface area contributed by atoms with Gasteiger partial charge in [0.05, 0.1) is 34.8 Å². The van der Waals surface area contributed by atoms with Crippen molar-refractivity contribution in [2.45, 2.75) is 13.5 Å². The van der Waals surface area contributed by atoms with Crippen molar-refractivity contribution in [2.24, 2.45) is 7.05 Å². The Balaban J connectivity index is 1.29. The highest BCUT2D eigenvalue weighted by atomic mass is 32.1. The lowest BCUT2D eigenvalue weighted by Crippen LogP contribution is -2.42. The topological polar surface area (TPSA) is 93.5 Å². The van der Waals surface area contributed by atoms with Gasteiger partial charge in [-0.25, -0.2) is 9.78 Å². The molecule has 3 aromatic rings. The first kappa shape index (κ1) is 20.6. The molecule has 0 bridgehead atoms. The van der Waals surface area contributed by atoms with E-state index in [2.05, 4.69) is 25.6 Å². The second-order valence-corrected chi connectivity index (χ2v) is 8.20. The number of aryl methyl sites for hydroxylation is 2. The van der Waals surface area contributed by atoms with E-state index >= 15 is 0 Å². The predicted molar refractivity (Wildman–Crippen MR) is 116 cm³/mol. The number of nitrogens with one attached hydrogen (secondary N) is 2. The number of urea groups is 1. The fourth-order valence-corrected chi connectivity index (χ4v) is 4.19. The van der Waals surface area contributed by atoms with Crippen LogP contribution in [-0.2, 0) is 18.4 Å². The Labute approximate surface area is 179 Å². The van der Waals surface area contributed by atoms with E-state index in [9.17, 15) is 4.79 Å². The van der Waals surface area contributed by atoms with Crippen molar-refractivity contribution in [1.29, 1.82) is 0 Å². The summed E-state index contributed by atoms with van der Waals surface area (Å²) in [5, 5.41) is 10.6. The standard InChI is InChI=1S/C20H26N6O3S/c1-14-11-15(25(2)24-14)13-29-16-3-4-17-18(12-16)30-20(22-17)23-19(27)21-5-6-26-7-9-28-10-8-26/h3-4,11-12H,5-10,13H2,1-2H3,(H2,21,22,23,27). The Hall–Kier alpha value is -2.69. The predicted octanol–water partition coefficient (Wildman–Crippen LogP) is 2.37. The first-order chi connectivity index (χ1) is 14.6. The molecule has 0 aliphatic carbocycles. The van der Waals surface area contributed by atoms with Crippen molar-refractivity contribution in [2.75, 3.05) is 44.7 Å². The molecule has 1 fully saturated rings. The average molecular weight is 431 g/mol. The van der Waals surface area contributed by atoms with E-state index in [0.29, 0.717) is 18.3 Å². The lowest BCUT2D eigenvalue weighted by atomic mass is 10.3. The van der Waals surface area contributed by atoms with Gasteiger partial charge in [0.25, 0.3) is 0 Å². The lowest BCUT2D eigenvalue weighted by molar-refractivity contribution is 0.0388. The maximum Gasteiger partial charge on any atom is 0.321 e. The van der Waals surface area contributed by atoms with Gasteiger partial charge in [0, 0.05) is 33.2 Å². The molecular formula is C20H26N6O3S. The van der Waals surface area contributed by atoms with E-state index in [1.54, 1.807) is 0 Å². The zero-order chi connectivity index (χ0) is 20.9. The number of anilines is 1. The summed E-state index contributed by atoms with van der Waals surface area (Å²) in [5.41, 5.74) is 2.80. The Morgan fingerprint density at radius 1 is 1.30 bits per heavy atom. The molecule has 0 radical (unpaired) electrons. The number of carbonyl (C=O) groups excluding carboxylic acids is 1. The fraction of sp³-hybridized carbons (Fsp3) is 0.450. The van der Waals surface area contributed by atoms with Crippen molar-refractivity contribution >= 4 is 32.7 Å². The van der Waals surface area contributed by atoms with E-state index in [1.807, 2.05) is 42.9 Å². The number of rotatable bonds is 7. The van der Waals surface area contributed by atoms with E-state index in [1.165, 1.54) is 11.3 Å². The number of morpholine rings is 1. The average Bonchev–Trinajstić information content (AvgIpc) is 3.27. The maximum atomic E-state index is 12.2. The number of nitrogens with zero attached hydrogens (tertiary/aromatic N) is 4. The third-order valence-electron chi connectivity index (χ3n) is 4.88. The normalized spacial score (nSPS) is 14.7. The van der Waals surface area contributed by atoms with E-state index in [4.69, 9.17) is 9.47 Å². The van der Waals surface area contributed by atoms with Gasteiger partial charge in [-0.15, -0.1) is 0 Å². The Morgan fingerprint density at radius 3 is 2.90 bits per heavy atom. The van der Waals surface area contributed by atoms with Crippen LogP contribution in [0.3, 0.4) is 0 Å². The van der Waals surface area contributed by atoms with Gasteiger partial charge >= 0.3 is 6.03 Å². The number of hydrogen-bond acceptors (Lipinski definition) is 7. The number of carbonyl (C=O) groups is 1. The second kappa shape index (κ2) is 9.41. The van der Waals surface area contributed by atoms with Crippen molar-refractivity contribution in [1.82, 2.24) is 25.0 Å². The van der Waals surface area contributed by atoms with Crippen molar-refractivity contribution in [3.05, 3.63) is 35.7 Å². The summed E-state index contributed by atoms with van der Waals surface area (Å²) in [6.07, 6.45) is 0. The first-order valence-corrected chi connectivity index (χ1v) is 10.8. The minimum atomic E-state index is -0.245. The van der Waals surface area contributed by atoms with E-state index in [-0.39, 0.29) is 6.03 Å². The van der Waals surface area contributed by atoms with Gasteiger partial charge in [0.2, 0.25) is 0 Å². The van der Waals surface area contributed by atoms with Crippen molar-refractivity contribution in [3.63, 3.8) is 0 Å². The monoisotopic (exact) mass is 430 g/mol. The summed E-state index contributed by atoms with van der Waals surface area (Å²) in [7, 11) is 1.90. The van der Waals surface area contributed by atoms with Gasteiger partial charge in [0.1, 0.15) is 12.4 Å². The molecule has 1 aliphatic heterocycles. The van der Waals surface area contributed by atoms with Crippen LogP contribution in [0.25, 0.3) is 10.2 Å². The Bertz CT molecular complexity index is 1010. The summed E-state index contributed by atoms with van der Waals surface area (Å²) in [5.74, 6) is 0.756. The van der Waals surface area contributed by atoms with Gasteiger partial charge in [-0.1, -0.05) is 11.3 Å². The van der Waals surface area contributed by atoms with Gasteiger partial charge in [-0.05, 0) is 31.2 Å². The molecule has 30 heavy (non-hydrogen) atoms. The second-order valence-electron chi connectivity index (χ2n) is 7.17. The van der Waals surface area contributed by atoms with Crippen LogP contribution < -0.4 is 15.4 Å². The fourth-order valence-electron chi connectivity index (χ4n) is 3.30. The number of aromatic nitrogens is 3. The zero-order valence-electron chi connectivity index (χ0n) is 17.2. The lowest BCUT2D eigenvalue weighted by Gasteiger charge is -2.26. The maximum absolute atomic E-state index is 12.2. The number of amides is 2. The van der Waals surface area contributed by atoms with Crippen LogP contribution in [0.1, 0.15) is 11.4 Å². The molecule has 0 saturated carbocycles. The first-order valence-electron chi connectivity index (χ1n) is 9.95. The quantitative estimate of drug-likeness (QED) is 0.598. The van der Waals surface area contributed by atoms with Crippen LogP contribution in [-0.4, -0.2) is 65.1 Å². The minimum absolute atomic E-state index is 0.245. The Morgan fingerprint density at radius 2 is 2.13 bits per heavy atom. The molecule has 2 amide bonds. The molecule has 1 aromatic carbocycles. The highest BCUT2D eigenvalue weighted by Crippen LogP contribution is 2.29. The molecule has 10 heteroatoms. The zero-order valence-corrected chi connectivity index (χ0v) is 18.0. The molecule has 3 heterocycles. The molecule has 2 N–H and O–H groups in total. The molecule has 9 nitrogen and oxygen atoms in total. The van der Waals surface area contributed by atoms with E-state index < -0.39 is 0 Å². The smallest absolute Gasteiger partial charge is 0.321 e. The molecule has 1 aliphatic rings. The van der Waals surface area contributed by atoms with E-state index in [0.717, 1.165) is 60.2 Å². The number of fused-ring (bicyclic) bond motifs is 1. The SMILES string of the molecule is Cc1cc(COc2ccc3nc(NC(=O)NCCN4CCOCC4)sc3c2)n(C)n1. The summed E-state index contributed by atoms with van der Waals surface area (Å²) in [6.45, 7) is 7.13. The van der Waals surface area contributed by atoms with Crippen LogP contribution >= 0.6 is 11.3 Å². The largest absolute Gasteiger partial charge is 0.487 e. The van der Waals surface area contributed by atoms with Crippen molar-refractivity contribution in [3.8, 4) is 5.75 Å². The molecule has 1 saturated heterocycles. The molecule has 4 rings (SSSR count). The van der Waals surface area contributed by atoms with Gasteiger partial charge in [-0.3, -0.25) is 14.9 Å². The molecule has 160 valence electrons. The highest BCUT2D eigenvalue weighted by molar-refractivity contribution is 7.22. The van der Waals surface area contributed by atoms with Crippen LogP contribution in [0.15, 0.2) is 24.3 Å². The molecular weight excluding hydrogens is 404 g/mol. The molecule has 0 atom stereocenters. The molecule has 2 aromatic heterocycles. The van der Waals surface area contributed by atoms with Crippen LogP contribution in [0.2, 0.25) is 0 Å². The number of ether oxygens (including phenoxy) is 2. The third-order valence-corrected chi connectivity index (χ3v) is 5.82. The summed E-state index contributed by atoms with van der Waals surface area (Å²) in [6, 6.07) is 7.49. The third kappa shape index (κ3) is 5.26. The van der Waals surface area contributed by atoms with Crippen LogP contribution in [0.5, 0.6) is 5.75 Å². The summed E-state index contributed by atoms with van der Waals surface area (Å²) < 4.78 is 14.0. The van der Waals surface area contributed by atoms with Gasteiger partial charge < -0.3 is 14.8 Å². The molecule has 0 unspecified atom stereocenters. The van der Waals surface area contributed by atoms with Crippen LogP contribution in [0, 0.1) is 6.92 Å². The van der Waals surface area contributed by atoms with Gasteiger partial charge in [0.15, 0.2) is 5.13 Å². The summed E-state index contributed by atoms with van der Waals surface area (Å²) in [4.78, 5) is 18.9. The Kier molecular flexibility index (Phi) is 6.46.